The molecule has 1 aromatic heterocycles. The summed E-state index contributed by atoms with van der Waals surface area (Å²) in [5.41, 5.74) is -0.0710. The Hall–Kier alpha value is -1.60. The van der Waals surface area contributed by atoms with Gasteiger partial charge in [0.25, 0.3) is 0 Å². The molecule has 4 nitrogen and oxygen atoms in total. The van der Waals surface area contributed by atoms with Crippen molar-refractivity contribution in [2.45, 2.75) is 45.5 Å². The van der Waals surface area contributed by atoms with Gasteiger partial charge in [-0.1, -0.05) is 13.8 Å². The largest absolute Gasteiger partial charge is 0.440 e. The molecule has 0 bridgehead atoms. The number of alkyl halides is 3. The molecule has 7 heteroatoms. The minimum Gasteiger partial charge on any atom is -0.440 e. The predicted molar refractivity (Wildman–Crippen MR) is 83.8 cm³/mol. The lowest BCUT2D eigenvalue weighted by Gasteiger charge is -2.31. The van der Waals surface area contributed by atoms with Crippen molar-refractivity contribution in [1.82, 2.24) is 9.88 Å². The lowest BCUT2D eigenvalue weighted by Crippen LogP contribution is -2.40. The Morgan fingerprint density at radius 2 is 2.08 bits per heavy atom. The van der Waals surface area contributed by atoms with Crippen molar-refractivity contribution in [1.29, 1.82) is 0 Å². The Kier molecular flexibility index (Phi) is 4.57. The van der Waals surface area contributed by atoms with E-state index in [9.17, 15) is 13.2 Å². The van der Waals surface area contributed by atoms with Crippen LogP contribution < -0.4 is 0 Å². The molecule has 1 fully saturated rings. The Morgan fingerprint density at radius 3 is 2.71 bits per heavy atom. The monoisotopic (exact) mass is 342 g/mol. The van der Waals surface area contributed by atoms with Crippen LogP contribution >= 0.6 is 0 Å². The van der Waals surface area contributed by atoms with E-state index in [0.29, 0.717) is 37.7 Å². The third kappa shape index (κ3) is 3.57. The van der Waals surface area contributed by atoms with Crippen molar-refractivity contribution in [2.24, 2.45) is 0 Å². The second kappa shape index (κ2) is 6.37. The maximum Gasteiger partial charge on any atom is 0.420 e. The predicted octanol–water partition coefficient (Wildman–Crippen LogP) is 4.19. The van der Waals surface area contributed by atoms with Crippen LogP contribution in [0.5, 0.6) is 0 Å². The maximum absolute atomic E-state index is 13.4. The number of benzene rings is 1. The Morgan fingerprint density at radius 1 is 1.33 bits per heavy atom. The minimum absolute atomic E-state index is 0.0676. The van der Waals surface area contributed by atoms with E-state index in [0.717, 1.165) is 0 Å². The van der Waals surface area contributed by atoms with E-state index < -0.39 is 11.7 Å². The molecule has 3 rings (SSSR count). The van der Waals surface area contributed by atoms with Gasteiger partial charge in [0.05, 0.1) is 12.7 Å². The summed E-state index contributed by atoms with van der Waals surface area (Å²) in [4.78, 5) is 6.34. The third-order valence-corrected chi connectivity index (χ3v) is 4.10. The molecule has 1 aromatic carbocycles. The Bertz CT molecular complexity index is 724. The number of aromatic nitrogens is 1. The molecule has 0 saturated carbocycles. The molecule has 1 aliphatic rings. The number of nitrogens with zero attached hydrogens (tertiary/aromatic N) is 2. The van der Waals surface area contributed by atoms with E-state index in [2.05, 4.69) is 9.88 Å². The number of ether oxygens (including phenoxy) is 1. The van der Waals surface area contributed by atoms with E-state index >= 15 is 0 Å². The molecule has 0 aliphatic carbocycles. The number of morpholine rings is 1. The number of fused-ring (bicyclic) bond motifs is 1. The first-order chi connectivity index (χ1) is 11.2. The highest BCUT2D eigenvalue weighted by atomic mass is 19.4. The summed E-state index contributed by atoms with van der Waals surface area (Å²) in [7, 11) is 0. The third-order valence-electron chi connectivity index (χ3n) is 4.10. The molecule has 1 aliphatic heterocycles. The quantitative estimate of drug-likeness (QED) is 0.838. The molecule has 0 amide bonds. The van der Waals surface area contributed by atoms with Crippen LogP contribution in [0.4, 0.5) is 13.2 Å². The van der Waals surface area contributed by atoms with Gasteiger partial charge in [-0.15, -0.1) is 0 Å². The van der Waals surface area contributed by atoms with Crippen molar-refractivity contribution < 1.29 is 22.3 Å². The van der Waals surface area contributed by atoms with Crippen molar-refractivity contribution >= 4 is 11.1 Å². The molecule has 0 spiro atoms. The first-order valence-electron chi connectivity index (χ1n) is 8.08. The highest BCUT2D eigenvalue weighted by Gasteiger charge is 2.35. The fourth-order valence-electron chi connectivity index (χ4n) is 2.95. The van der Waals surface area contributed by atoms with E-state index in [1.54, 1.807) is 6.07 Å². The zero-order valence-corrected chi connectivity index (χ0v) is 14.0. The number of hydrogen-bond acceptors (Lipinski definition) is 4. The number of hydrogen-bond donors (Lipinski definition) is 0. The van der Waals surface area contributed by atoms with E-state index in [1.165, 1.54) is 6.07 Å². The molecular formula is C17H21F3N2O2. The molecule has 2 heterocycles. The fourth-order valence-corrected chi connectivity index (χ4v) is 2.95. The smallest absolute Gasteiger partial charge is 0.420 e. The highest BCUT2D eigenvalue weighted by molar-refractivity contribution is 5.78. The van der Waals surface area contributed by atoms with Gasteiger partial charge in [-0.05, 0) is 24.6 Å². The van der Waals surface area contributed by atoms with Crippen molar-refractivity contribution in [3.8, 4) is 0 Å². The first kappa shape index (κ1) is 17.2. The second-order valence-corrected chi connectivity index (χ2v) is 6.61. The zero-order chi connectivity index (χ0) is 17.5. The van der Waals surface area contributed by atoms with Crippen LogP contribution in [-0.4, -0.2) is 35.7 Å². The molecule has 1 saturated heterocycles. The molecule has 1 atom stereocenters. The van der Waals surface area contributed by atoms with Gasteiger partial charge in [0.1, 0.15) is 11.1 Å². The summed E-state index contributed by atoms with van der Waals surface area (Å²) in [6, 6.07) is 2.87. The summed E-state index contributed by atoms with van der Waals surface area (Å²) in [6.07, 6.45) is -4.38. The lowest BCUT2D eigenvalue weighted by atomic mass is 10.1. The fraction of sp³-hybridized carbons (Fsp3) is 0.588. The van der Waals surface area contributed by atoms with Gasteiger partial charge < -0.3 is 9.15 Å². The van der Waals surface area contributed by atoms with Gasteiger partial charge in [0.2, 0.25) is 0 Å². The number of oxazole rings is 1. The van der Waals surface area contributed by atoms with Gasteiger partial charge in [0, 0.05) is 25.6 Å². The number of rotatable bonds is 3. The summed E-state index contributed by atoms with van der Waals surface area (Å²) in [6.45, 7) is 8.09. The SMILES string of the molecule is CC(C)c1nc2cc(CN3CCO[C@@H](C)C3)cc(C(F)(F)F)c2o1. The molecule has 2 aromatic rings. The van der Waals surface area contributed by atoms with Gasteiger partial charge >= 0.3 is 6.18 Å². The van der Waals surface area contributed by atoms with Gasteiger partial charge in [-0.2, -0.15) is 13.2 Å². The van der Waals surface area contributed by atoms with Crippen LogP contribution in [0, 0.1) is 0 Å². The van der Waals surface area contributed by atoms with Crippen LogP contribution in [0.25, 0.3) is 11.1 Å². The first-order valence-corrected chi connectivity index (χ1v) is 8.08. The topological polar surface area (TPSA) is 38.5 Å². The Labute approximate surface area is 138 Å². The maximum atomic E-state index is 13.4. The lowest BCUT2D eigenvalue weighted by molar-refractivity contribution is -0.137. The number of halogens is 3. The van der Waals surface area contributed by atoms with E-state index in [-0.39, 0.29) is 23.1 Å². The second-order valence-electron chi connectivity index (χ2n) is 6.61. The molecule has 0 radical (unpaired) electrons. The van der Waals surface area contributed by atoms with Gasteiger partial charge in [0.15, 0.2) is 11.5 Å². The van der Waals surface area contributed by atoms with Crippen molar-refractivity contribution in [3.63, 3.8) is 0 Å². The summed E-state index contributed by atoms with van der Waals surface area (Å²) < 4.78 is 51.1. The zero-order valence-electron chi connectivity index (χ0n) is 14.0. The van der Waals surface area contributed by atoms with Crippen LogP contribution in [0.2, 0.25) is 0 Å². The summed E-state index contributed by atoms with van der Waals surface area (Å²) in [5.74, 6) is 0.259. The van der Waals surface area contributed by atoms with Gasteiger partial charge in [-0.25, -0.2) is 4.98 Å². The molecule has 132 valence electrons. The van der Waals surface area contributed by atoms with Crippen LogP contribution in [0.15, 0.2) is 16.5 Å². The van der Waals surface area contributed by atoms with Crippen molar-refractivity contribution in [3.05, 3.63) is 29.2 Å². The van der Waals surface area contributed by atoms with Gasteiger partial charge in [-0.3, -0.25) is 4.90 Å². The molecular weight excluding hydrogens is 321 g/mol. The van der Waals surface area contributed by atoms with E-state index in [4.69, 9.17) is 9.15 Å². The molecule has 0 unspecified atom stereocenters. The molecule has 0 N–H and O–H groups in total. The highest BCUT2D eigenvalue weighted by Crippen LogP contribution is 2.37. The Balaban J connectivity index is 1.99. The van der Waals surface area contributed by atoms with Crippen molar-refractivity contribution in [2.75, 3.05) is 19.7 Å². The van der Waals surface area contributed by atoms with Crippen LogP contribution in [0.3, 0.4) is 0 Å². The average Bonchev–Trinajstić information content (AvgIpc) is 2.89. The normalized spacial score (nSPS) is 20.2. The van der Waals surface area contributed by atoms with Crippen LogP contribution in [-0.2, 0) is 17.5 Å². The standard InChI is InChI=1S/C17H21F3N2O2/c1-10(2)16-21-14-7-12(9-22-4-5-23-11(3)8-22)6-13(15(14)24-16)17(18,19)20/h6-7,10-11H,4-5,8-9H2,1-3H3/t11-/m0/s1. The summed E-state index contributed by atoms with van der Waals surface area (Å²) >= 11 is 0. The van der Waals surface area contributed by atoms with Crippen LogP contribution in [0.1, 0.15) is 43.7 Å². The average molecular weight is 342 g/mol. The van der Waals surface area contributed by atoms with E-state index in [1.807, 2.05) is 20.8 Å². The minimum atomic E-state index is -4.47. The summed E-state index contributed by atoms with van der Waals surface area (Å²) in [5, 5.41) is 0. The molecule has 24 heavy (non-hydrogen) atoms.